The van der Waals surface area contributed by atoms with Crippen LogP contribution < -0.4 is 5.32 Å². The normalized spacial score (nSPS) is 11.4. The second-order valence-electron chi connectivity index (χ2n) is 5.22. The Bertz CT molecular complexity index is 750. The van der Waals surface area contributed by atoms with Crippen molar-refractivity contribution in [2.75, 3.05) is 11.6 Å². The van der Waals surface area contributed by atoms with E-state index in [0.717, 1.165) is 16.8 Å². The van der Waals surface area contributed by atoms with Crippen LogP contribution in [0.3, 0.4) is 0 Å². The SMILES string of the molecule is Cc1cc(C)cc(NCc2c(Cl)cccc2S(C)(=O)=O)c1. The molecule has 0 heterocycles. The van der Waals surface area contributed by atoms with Gasteiger partial charge < -0.3 is 5.32 Å². The van der Waals surface area contributed by atoms with Gasteiger partial charge in [-0.1, -0.05) is 23.7 Å². The van der Waals surface area contributed by atoms with E-state index in [4.69, 9.17) is 11.6 Å². The lowest BCUT2D eigenvalue weighted by Gasteiger charge is -2.13. The quantitative estimate of drug-likeness (QED) is 0.926. The Morgan fingerprint density at radius 3 is 2.29 bits per heavy atom. The van der Waals surface area contributed by atoms with Gasteiger partial charge >= 0.3 is 0 Å². The van der Waals surface area contributed by atoms with E-state index >= 15 is 0 Å². The van der Waals surface area contributed by atoms with E-state index in [2.05, 4.69) is 11.4 Å². The largest absolute Gasteiger partial charge is 0.381 e. The van der Waals surface area contributed by atoms with Gasteiger partial charge in [0.05, 0.1) is 4.90 Å². The van der Waals surface area contributed by atoms with Crippen molar-refractivity contribution in [1.82, 2.24) is 0 Å². The molecular weight excluding hydrogens is 306 g/mol. The fraction of sp³-hybridized carbons (Fsp3) is 0.250. The summed E-state index contributed by atoms with van der Waals surface area (Å²) >= 11 is 6.16. The minimum atomic E-state index is -3.30. The minimum Gasteiger partial charge on any atom is -0.381 e. The zero-order valence-corrected chi connectivity index (χ0v) is 13.8. The van der Waals surface area contributed by atoms with Crippen molar-refractivity contribution < 1.29 is 8.42 Å². The molecule has 21 heavy (non-hydrogen) atoms. The highest BCUT2D eigenvalue weighted by Crippen LogP contribution is 2.25. The van der Waals surface area contributed by atoms with Crippen LogP contribution in [0, 0.1) is 13.8 Å². The third-order valence-corrected chi connectivity index (χ3v) is 4.70. The van der Waals surface area contributed by atoms with Crippen molar-refractivity contribution in [2.24, 2.45) is 0 Å². The average molecular weight is 324 g/mol. The summed E-state index contributed by atoms with van der Waals surface area (Å²) in [6.07, 6.45) is 1.19. The van der Waals surface area contributed by atoms with E-state index in [1.54, 1.807) is 18.2 Å². The van der Waals surface area contributed by atoms with E-state index in [1.165, 1.54) is 6.26 Å². The second kappa shape index (κ2) is 6.08. The second-order valence-corrected chi connectivity index (χ2v) is 7.61. The molecule has 2 aromatic rings. The molecule has 0 atom stereocenters. The molecule has 0 aliphatic rings. The van der Waals surface area contributed by atoms with Crippen molar-refractivity contribution in [3.8, 4) is 0 Å². The topological polar surface area (TPSA) is 46.2 Å². The molecule has 112 valence electrons. The van der Waals surface area contributed by atoms with Crippen molar-refractivity contribution in [2.45, 2.75) is 25.3 Å². The molecule has 0 bridgehead atoms. The number of hydrogen-bond donors (Lipinski definition) is 1. The Morgan fingerprint density at radius 1 is 1.10 bits per heavy atom. The molecule has 0 saturated heterocycles. The molecule has 0 amide bonds. The summed E-state index contributed by atoms with van der Waals surface area (Å²) in [7, 11) is -3.30. The minimum absolute atomic E-state index is 0.270. The molecular formula is C16H18ClNO2S. The molecule has 1 N–H and O–H groups in total. The number of hydrogen-bond acceptors (Lipinski definition) is 3. The third-order valence-electron chi connectivity index (χ3n) is 3.17. The highest BCUT2D eigenvalue weighted by atomic mass is 35.5. The average Bonchev–Trinajstić information content (AvgIpc) is 2.34. The fourth-order valence-corrected chi connectivity index (χ4v) is 3.58. The van der Waals surface area contributed by atoms with Crippen LogP contribution in [0.25, 0.3) is 0 Å². The van der Waals surface area contributed by atoms with E-state index < -0.39 is 9.84 Å². The van der Waals surface area contributed by atoms with Crippen molar-refractivity contribution >= 4 is 27.1 Å². The predicted molar refractivity (Wildman–Crippen MR) is 87.8 cm³/mol. The third kappa shape index (κ3) is 3.99. The van der Waals surface area contributed by atoms with Crippen LogP contribution in [-0.2, 0) is 16.4 Å². The van der Waals surface area contributed by atoms with Gasteiger partial charge in [0.25, 0.3) is 0 Å². The van der Waals surface area contributed by atoms with Crippen LogP contribution in [0.1, 0.15) is 16.7 Å². The van der Waals surface area contributed by atoms with Gasteiger partial charge in [-0.05, 0) is 49.2 Å². The summed E-state index contributed by atoms with van der Waals surface area (Å²) < 4.78 is 23.7. The zero-order chi connectivity index (χ0) is 15.6. The number of halogens is 1. The zero-order valence-electron chi connectivity index (χ0n) is 12.3. The molecule has 3 nitrogen and oxygen atoms in total. The molecule has 0 fully saturated rings. The Kier molecular flexibility index (Phi) is 4.59. The maximum atomic E-state index is 11.8. The Labute approximate surface area is 130 Å². The summed E-state index contributed by atoms with van der Waals surface area (Å²) in [6.45, 7) is 4.41. The molecule has 2 rings (SSSR count). The van der Waals surface area contributed by atoms with Gasteiger partial charge in [0.2, 0.25) is 0 Å². The summed E-state index contributed by atoms with van der Waals surface area (Å²) in [5.74, 6) is 0. The molecule has 2 aromatic carbocycles. The maximum absolute atomic E-state index is 11.8. The van der Waals surface area contributed by atoms with Gasteiger partial charge in [-0.3, -0.25) is 0 Å². The first kappa shape index (κ1) is 15.9. The maximum Gasteiger partial charge on any atom is 0.175 e. The number of nitrogens with one attached hydrogen (secondary N) is 1. The highest BCUT2D eigenvalue weighted by molar-refractivity contribution is 7.90. The first-order chi connectivity index (χ1) is 9.77. The standard InChI is InChI=1S/C16H18ClNO2S/c1-11-7-12(2)9-13(8-11)18-10-14-15(17)5-4-6-16(14)21(3,19)20/h4-9,18H,10H2,1-3H3. The van der Waals surface area contributed by atoms with Gasteiger partial charge in [0.15, 0.2) is 9.84 Å². The van der Waals surface area contributed by atoms with E-state index in [9.17, 15) is 8.42 Å². The fourth-order valence-electron chi connectivity index (χ4n) is 2.33. The van der Waals surface area contributed by atoms with Crippen LogP contribution in [0.2, 0.25) is 5.02 Å². The number of anilines is 1. The number of aryl methyl sites for hydroxylation is 2. The van der Waals surface area contributed by atoms with E-state index in [0.29, 0.717) is 17.1 Å². The Hall–Kier alpha value is -1.52. The Balaban J connectivity index is 2.32. The molecule has 0 saturated carbocycles. The molecule has 0 aromatic heterocycles. The first-order valence-electron chi connectivity index (χ1n) is 6.57. The number of sulfone groups is 1. The van der Waals surface area contributed by atoms with Gasteiger partial charge in [-0.2, -0.15) is 0 Å². The monoisotopic (exact) mass is 323 g/mol. The Morgan fingerprint density at radius 2 is 1.71 bits per heavy atom. The van der Waals surface area contributed by atoms with Crippen LogP contribution >= 0.6 is 11.6 Å². The molecule has 0 spiro atoms. The lowest BCUT2D eigenvalue weighted by Crippen LogP contribution is -2.08. The van der Waals surface area contributed by atoms with Crippen molar-refractivity contribution in [3.63, 3.8) is 0 Å². The lowest BCUT2D eigenvalue weighted by molar-refractivity contribution is 0.601. The summed E-state index contributed by atoms with van der Waals surface area (Å²) in [5, 5.41) is 3.70. The highest BCUT2D eigenvalue weighted by Gasteiger charge is 2.15. The van der Waals surface area contributed by atoms with Gasteiger partial charge in [-0.25, -0.2) is 8.42 Å². The van der Waals surface area contributed by atoms with E-state index in [-0.39, 0.29) is 4.90 Å². The van der Waals surface area contributed by atoms with Crippen LogP contribution in [-0.4, -0.2) is 14.7 Å². The molecule has 5 heteroatoms. The molecule has 0 aliphatic carbocycles. The van der Waals surface area contributed by atoms with E-state index in [1.807, 2.05) is 26.0 Å². The smallest absolute Gasteiger partial charge is 0.175 e. The predicted octanol–water partition coefficient (Wildman–Crippen LogP) is 3.97. The molecule has 0 unspecified atom stereocenters. The molecule has 0 radical (unpaired) electrons. The molecule has 0 aliphatic heterocycles. The summed E-state index contributed by atoms with van der Waals surface area (Å²) in [4.78, 5) is 0.270. The van der Waals surface area contributed by atoms with Gasteiger partial charge in [0, 0.05) is 29.1 Å². The lowest BCUT2D eigenvalue weighted by atomic mass is 10.1. The summed E-state index contributed by atoms with van der Waals surface area (Å²) in [6, 6.07) is 11.1. The first-order valence-corrected chi connectivity index (χ1v) is 8.84. The van der Waals surface area contributed by atoms with Crippen LogP contribution in [0.5, 0.6) is 0 Å². The van der Waals surface area contributed by atoms with Gasteiger partial charge in [0.1, 0.15) is 0 Å². The summed E-state index contributed by atoms with van der Waals surface area (Å²) in [5.41, 5.74) is 3.85. The van der Waals surface area contributed by atoms with Crippen molar-refractivity contribution in [3.05, 3.63) is 58.1 Å². The van der Waals surface area contributed by atoms with Crippen LogP contribution in [0.4, 0.5) is 5.69 Å². The number of rotatable bonds is 4. The number of benzene rings is 2. The van der Waals surface area contributed by atoms with Crippen LogP contribution in [0.15, 0.2) is 41.3 Å². The van der Waals surface area contributed by atoms with Gasteiger partial charge in [-0.15, -0.1) is 0 Å². The van der Waals surface area contributed by atoms with Crippen molar-refractivity contribution in [1.29, 1.82) is 0 Å².